The molecule has 10 nitrogen and oxygen atoms in total. The SMILES string of the molecule is C[C@@]1(NC(=O)OCCc2cccc3cccc(-c4ncc5c(=O)[nH]c(OC[C@@]67CCCN6C[C@H](F)C7)nc5c4F)c23)CCCNC1. The molecule has 2 aromatic carbocycles. The van der Waals surface area contributed by atoms with Crippen LogP contribution in [0.3, 0.4) is 0 Å². The second-order valence-corrected chi connectivity index (χ2v) is 13.1. The number of amides is 1. The Morgan fingerprint density at radius 2 is 2.04 bits per heavy atom. The van der Waals surface area contributed by atoms with E-state index in [9.17, 15) is 14.0 Å². The smallest absolute Gasteiger partial charge is 0.407 e. The first-order valence-corrected chi connectivity index (χ1v) is 16.0. The van der Waals surface area contributed by atoms with Gasteiger partial charge in [-0.25, -0.2) is 13.6 Å². The van der Waals surface area contributed by atoms with Crippen molar-refractivity contribution in [3.05, 3.63) is 64.3 Å². The van der Waals surface area contributed by atoms with Crippen LogP contribution in [0.15, 0.2) is 47.4 Å². The highest BCUT2D eigenvalue weighted by atomic mass is 19.1. The molecule has 0 spiro atoms. The summed E-state index contributed by atoms with van der Waals surface area (Å²) < 4.78 is 42.0. The molecule has 0 unspecified atom stereocenters. The Kier molecular flexibility index (Phi) is 8.10. The quantitative estimate of drug-likeness (QED) is 0.257. The monoisotopic (exact) mass is 632 g/mol. The zero-order chi connectivity index (χ0) is 31.9. The molecule has 0 saturated carbocycles. The number of nitrogens with zero attached hydrogens (tertiary/aromatic N) is 3. The van der Waals surface area contributed by atoms with Crippen molar-refractivity contribution in [3.63, 3.8) is 0 Å². The number of carbonyl (C=O) groups is 1. The normalized spacial score (nSPS) is 24.7. The van der Waals surface area contributed by atoms with Crippen LogP contribution in [0, 0.1) is 5.82 Å². The van der Waals surface area contributed by atoms with Crippen molar-refractivity contribution in [2.45, 2.75) is 62.7 Å². The average Bonchev–Trinajstić information content (AvgIpc) is 3.56. The van der Waals surface area contributed by atoms with Gasteiger partial charge < -0.3 is 20.1 Å². The predicted molar refractivity (Wildman–Crippen MR) is 170 cm³/mol. The molecular formula is C34H38F2N6O4. The maximum atomic E-state index is 16.3. The molecule has 3 aliphatic rings. The van der Waals surface area contributed by atoms with Gasteiger partial charge in [0.2, 0.25) is 0 Å². The average molecular weight is 633 g/mol. The number of hydrogen-bond acceptors (Lipinski definition) is 8. The van der Waals surface area contributed by atoms with Gasteiger partial charge in [0.15, 0.2) is 5.82 Å². The lowest BCUT2D eigenvalue weighted by molar-refractivity contribution is 0.107. The Morgan fingerprint density at radius 1 is 1.20 bits per heavy atom. The van der Waals surface area contributed by atoms with Gasteiger partial charge in [-0.05, 0) is 62.0 Å². The second-order valence-electron chi connectivity index (χ2n) is 13.1. The van der Waals surface area contributed by atoms with Gasteiger partial charge in [-0.1, -0.05) is 36.4 Å². The first kappa shape index (κ1) is 30.5. The maximum Gasteiger partial charge on any atom is 0.407 e. The lowest BCUT2D eigenvalue weighted by atomic mass is 9.93. The molecule has 0 bridgehead atoms. The molecule has 3 N–H and O–H groups in total. The van der Waals surface area contributed by atoms with Crippen LogP contribution in [0.25, 0.3) is 32.9 Å². The van der Waals surface area contributed by atoms with Gasteiger partial charge >= 0.3 is 6.09 Å². The standard InChI is InChI=1S/C34H38F2N6O4/c1-33(11-4-13-37-19-33)41-32(44)45-15-10-22-7-2-6-21-8-3-9-24(26(21)22)28-27(36)29-25(17-38-28)30(43)40-31(39-29)46-20-34-12-5-14-42(34)18-23(35)16-34/h2-3,6-9,17,23,37H,4-5,10-16,18-20H2,1H3,(H,41,44)(H,39,40,43)/t23-,33-,34+/m1/s1. The van der Waals surface area contributed by atoms with Crippen LogP contribution in [0.4, 0.5) is 13.6 Å². The number of carbonyl (C=O) groups excluding carboxylic acids is 1. The highest BCUT2D eigenvalue weighted by molar-refractivity contribution is 5.99. The molecule has 4 aromatic rings. The van der Waals surface area contributed by atoms with Crippen molar-refractivity contribution in [1.82, 2.24) is 30.5 Å². The van der Waals surface area contributed by atoms with Crippen molar-refractivity contribution in [2.24, 2.45) is 0 Å². The number of alkyl halides is 1. The molecule has 3 atom stereocenters. The van der Waals surface area contributed by atoms with Gasteiger partial charge in [-0.2, -0.15) is 4.98 Å². The number of rotatable bonds is 8. The minimum Gasteiger partial charge on any atom is -0.463 e. The Morgan fingerprint density at radius 3 is 2.87 bits per heavy atom. The van der Waals surface area contributed by atoms with Crippen molar-refractivity contribution in [1.29, 1.82) is 0 Å². The van der Waals surface area contributed by atoms with Crippen LogP contribution in [0.5, 0.6) is 6.01 Å². The molecule has 5 heterocycles. The zero-order valence-electron chi connectivity index (χ0n) is 25.8. The van der Waals surface area contributed by atoms with E-state index in [2.05, 4.69) is 30.5 Å². The molecule has 2 aromatic heterocycles. The van der Waals surface area contributed by atoms with Crippen LogP contribution >= 0.6 is 0 Å². The Balaban J connectivity index is 1.15. The number of H-pyrrole nitrogens is 1. The van der Waals surface area contributed by atoms with E-state index in [0.29, 0.717) is 31.5 Å². The number of ether oxygens (including phenoxy) is 2. The van der Waals surface area contributed by atoms with Crippen molar-refractivity contribution < 1.29 is 23.0 Å². The van der Waals surface area contributed by atoms with E-state index in [0.717, 1.165) is 55.1 Å². The van der Waals surface area contributed by atoms with Crippen LogP contribution in [0.1, 0.15) is 44.6 Å². The number of piperidine rings is 1. The van der Waals surface area contributed by atoms with Crippen molar-refractivity contribution in [2.75, 3.05) is 39.4 Å². The van der Waals surface area contributed by atoms with Crippen LogP contribution in [-0.2, 0) is 11.2 Å². The molecule has 46 heavy (non-hydrogen) atoms. The Labute approximate surface area is 264 Å². The number of nitrogens with one attached hydrogen (secondary N) is 3. The van der Waals surface area contributed by atoms with E-state index < -0.39 is 29.2 Å². The minimum atomic E-state index is -0.921. The highest BCUT2D eigenvalue weighted by Crippen LogP contribution is 2.40. The number of aromatic amines is 1. The predicted octanol–water partition coefficient (Wildman–Crippen LogP) is 4.64. The summed E-state index contributed by atoms with van der Waals surface area (Å²) in [6, 6.07) is 11.2. The zero-order valence-corrected chi connectivity index (χ0v) is 25.8. The van der Waals surface area contributed by atoms with Gasteiger partial charge in [-0.15, -0.1) is 0 Å². The molecule has 3 fully saturated rings. The van der Waals surface area contributed by atoms with Gasteiger partial charge in [0, 0.05) is 37.7 Å². The molecule has 0 radical (unpaired) electrons. The number of halogens is 2. The van der Waals surface area contributed by atoms with E-state index in [4.69, 9.17) is 9.47 Å². The molecule has 12 heteroatoms. The van der Waals surface area contributed by atoms with Crippen LogP contribution in [-0.4, -0.2) is 82.6 Å². The summed E-state index contributed by atoms with van der Waals surface area (Å²) in [5.74, 6) is -0.744. The summed E-state index contributed by atoms with van der Waals surface area (Å²) in [5.41, 5.74) is -0.0835. The number of pyridine rings is 1. The van der Waals surface area contributed by atoms with E-state index in [-0.39, 0.29) is 41.4 Å². The molecule has 0 aliphatic carbocycles. The Bertz CT molecular complexity index is 1840. The van der Waals surface area contributed by atoms with Gasteiger partial charge in [-0.3, -0.25) is 19.7 Å². The minimum absolute atomic E-state index is 0.000629. The van der Waals surface area contributed by atoms with E-state index >= 15 is 4.39 Å². The maximum absolute atomic E-state index is 16.3. The topological polar surface area (TPSA) is 121 Å². The number of benzene rings is 2. The highest BCUT2D eigenvalue weighted by Gasteiger charge is 2.49. The fourth-order valence-corrected chi connectivity index (χ4v) is 7.48. The number of fused-ring (bicyclic) bond motifs is 3. The summed E-state index contributed by atoms with van der Waals surface area (Å²) in [4.78, 5) is 39.0. The van der Waals surface area contributed by atoms with Gasteiger partial charge in [0.05, 0.1) is 23.1 Å². The third-order valence-electron chi connectivity index (χ3n) is 9.76. The number of alkyl carbamates (subject to hydrolysis) is 1. The lowest BCUT2D eigenvalue weighted by Crippen LogP contribution is -2.55. The number of aromatic nitrogens is 3. The third kappa shape index (κ3) is 5.79. The van der Waals surface area contributed by atoms with E-state index in [1.807, 2.05) is 37.3 Å². The molecule has 3 aliphatic heterocycles. The Hall–Kier alpha value is -4.16. The van der Waals surface area contributed by atoms with Crippen LogP contribution in [0.2, 0.25) is 0 Å². The molecule has 3 saturated heterocycles. The summed E-state index contributed by atoms with van der Waals surface area (Å²) in [6.07, 6.45) is 4.29. The molecule has 1 amide bonds. The summed E-state index contributed by atoms with van der Waals surface area (Å²) in [5, 5.41) is 7.92. The first-order valence-electron chi connectivity index (χ1n) is 16.0. The molecular weight excluding hydrogens is 594 g/mol. The number of hydrogen-bond donors (Lipinski definition) is 3. The van der Waals surface area contributed by atoms with E-state index in [1.54, 1.807) is 6.07 Å². The molecule has 242 valence electrons. The third-order valence-corrected chi connectivity index (χ3v) is 9.76. The van der Waals surface area contributed by atoms with Crippen molar-refractivity contribution >= 4 is 27.8 Å². The largest absolute Gasteiger partial charge is 0.463 e. The summed E-state index contributed by atoms with van der Waals surface area (Å²) in [7, 11) is 0. The van der Waals surface area contributed by atoms with E-state index in [1.165, 1.54) is 6.20 Å². The fraction of sp³-hybridized carbons (Fsp3) is 0.471. The second kappa shape index (κ2) is 12.2. The summed E-state index contributed by atoms with van der Waals surface area (Å²) in [6.45, 7) is 5.09. The van der Waals surface area contributed by atoms with Gasteiger partial charge in [0.25, 0.3) is 11.6 Å². The van der Waals surface area contributed by atoms with Crippen LogP contribution < -0.4 is 20.9 Å². The fourth-order valence-electron chi connectivity index (χ4n) is 7.48. The molecule has 7 rings (SSSR count). The summed E-state index contributed by atoms with van der Waals surface area (Å²) >= 11 is 0. The lowest BCUT2D eigenvalue weighted by Gasteiger charge is -2.34. The first-order chi connectivity index (χ1) is 22.2. The van der Waals surface area contributed by atoms with Crippen molar-refractivity contribution in [3.8, 4) is 17.3 Å². The van der Waals surface area contributed by atoms with Gasteiger partial charge in [0.1, 0.15) is 24.0 Å².